The molecule has 0 heterocycles. The van der Waals surface area contributed by atoms with E-state index in [2.05, 4.69) is 53.2 Å². The van der Waals surface area contributed by atoms with Crippen molar-refractivity contribution in [1.29, 1.82) is 0 Å². The van der Waals surface area contributed by atoms with E-state index in [0.717, 1.165) is 0 Å². The molecule has 18 amide bonds. The Morgan fingerprint density at radius 1 is 0.148 bits per heavy atom. The second-order valence-corrected chi connectivity index (χ2v) is 26.5. The summed E-state index contributed by atoms with van der Waals surface area (Å²) < 4.78 is 0. The highest BCUT2D eigenvalue weighted by Crippen LogP contribution is 2.06. The monoisotopic (exact) mass is 1550 g/mol. The molecule has 39 nitrogen and oxygen atoms in total. The quantitative estimate of drug-likeness (QED) is 0.0270. The summed E-state index contributed by atoms with van der Waals surface area (Å²) in [7, 11) is 0. The highest BCUT2D eigenvalue weighted by Gasteiger charge is 2.22. The lowest BCUT2D eigenvalue weighted by Gasteiger charge is -2.26. The minimum atomic E-state index is -0.343. The van der Waals surface area contributed by atoms with E-state index >= 15 is 0 Å². The van der Waals surface area contributed by atoms with Gasteiger partial charge in [0.1, 0.15) is 0 Å². The van der Waals surface area contributed by atoms with Crippen molar-refractivity contribution < 1.29 is 43.2 Å². The predicted molar refractivity (Wildman–Crippen MR) is 430 cm³/mol. The molecule has 0 fully saturated rings. The van der Waals surface area contributed by atoms with Crippen molar-refractivity contribution >= 4 is 54.3 Å². The molecule has 0 saturated carbocycles. The number of nitrogens with zero attached hydrogens (tertiary/aromatic N) is 9. The molecule has 0 unspecified atom stereocenters. The molecular weight excluding hydrogens is 1390 g/mol. The summed E-state index contributed by atoms with van der Waals surface area (Å²) in [6.45, 7) is 17.0. The molecule has 0 aliphatic rings. The third-order valence-corrected chi connectivity index (χ3v) is 17.3. The molecular formula is C69H152N30O9. The maximum absolute atomic E-state index is 14.0. The summed E-state index contributed by atoms with van der Waals surface area (Å²) in [5, 5.41) is 30.2. The molecule has 0 spiro atoms. The van der Waals surface area contributed by atoms with Crippen molar-refractivity contribution in [1.82, 2.24) is 97.3 Å². The Bertz CT molecular complexity index is 2190. The standard InChI is InChI=1S/C69H152N30O9/c70-21-1-43-91(44-2-22-71)63(102)84-36-14-56-96(51-9-29-78)66(105)87-39-17-54-94(49-7-27-76)61(100)82-34-12-32-81-33-13-35-83-62(101)95(50-8-28-77)55-18-40-90-69(108)99(59-19-41-88-67(106)97(52-10-30-79)57-15-37-85-64(103)92(45-3-23-72)46-4-24-73)60-20-42-89-68(107)98(53-11-31-80)58-16-38-86-65(104)93(47-5-25-74)48-6-26-75/h81H,1-60,70-80H2,(H,82,100)(H,83,101)(H,84,102)(H,85,103)(H,86,104)(H,87,105)(H,88,106)(H,89,107)(H,90,108). The molecule has 0 atom stereocenters. The van der Waals surface area contributed by atoms with Gasteiger partial charge in [-0.15, -0.1) is 0 Å². The van der Waals surface area contributed by atoms with Crippen LogP contribution >= 0.6 is 0 Å². The first-order valence-electron chi connectivity index (χ1n) is 40.2. The highest BCUT2D eigenvalue weighted by atomic mass is 16.2. The fraction of sp³-hybridized carbons (Fsp3) is 0.870. The van der Waals surface area contributed by atoms with Crippen LogP contribution in [0.3, 0.4) is 0 Å². The van der Waals surface area contributed by atoms with E-state index in [9.17, 15) is 43.2 Å². The van der Waals surface area contributed by atoms with E-state index in [4.69, 9.17) is 63.1 Å². The average Bonchev–Trinajstić information content (AvgIpc) is 0.934. The molecule has 108 heavy (non-hydrogen) atoms. The molecule has 0 bridgehead atoms. The molecule has 632 valence electrons. The smallest absolute Gasteiger partial charge is 0.317 e. The zero-order chi connectivity index (χ0) is 79.9. The van der Waals surface area contributed by atoms with Crippen molar-refractivity contribution in [2.24, 2.45) is 63.1 Å². The fourth-order valence-corrected chi connectivity index (χ4v) is 11.1. The van der Waals surface area contributed by atoms with Crippen LogP contribution in [0.25, 0.3) is 0 Å². The Balaban J connectivity index is 5.56. The molecule has 0 aromatic carbocycles. The Kier molecular flexibility index (Phi) is 66.9. The third-order valence-electron chi connectivity index (χ3n) is 17.3. The Labute approximate surface area is 645 Å². The van der Waals surface area contributed by atoms with Gasteiger partial charge in [0.15, 0.2) is 0 Å². The van der Waals surface area contributed by atoms with Crippen LogP contribution < -0.4 is 116 Å². The van der Waals surface area contributed by atoms with Crippen molar-refractivity contribution in [3.63, 3.8) is 0 Å². The molecule has 0 aromatic rings. The van der Waals surface area contributed by atoms with Crippen LogP contribution in [0.1, 0.15) is 128 Å². The molecule has 32 N–H and O–H groups in total. The van der Waals surface area contributed by atoms with Gasteiger partial charge in [-0.1, -0.05) is 0 Å². The molecule has 0 aliphatic heterocycles. The van der Waals surface area contributed by atoms with Crippen LogP contribution in [-0.4, -0.2) is 360 Å². The first-order valence-corrected chi connectivity index (χ1v) is 40.2. The van der Waals surface area contributed by atoms with Crippen molar-refractivity contribution in [2.75, 3.05) is 262 Å². The van der Waals surface area contributed by atoms with E-state index in [1.807, 2.05) is 0 Å². The average molecular weight is 1550 g/mol. The molecule has 0 radical (unpaired) electrons. The number of carbonyl (C=O) groups is 9. The molecule has 0 saturated heterocycles. The van der Waals surface area contributed by atoms with Gasteiger partial charge < -0.3 is 160 Å². The summed E-state index contributed by atoms with van der Waals surface area (Å²) in [6.07, 6.45) is 11.7. The number of amides is 18. The van der Waals surface area contributed by atoms with E-state index < -0.39 is 0 Å². The lowest BCUT2D eigenvalue weighted by atomic mass is 10.3. The lowest BCUT2D eigenvalue weighted by Crippen LogP contribution is -2.46. The molecule has 0 rings (SSSR count). The van der Waals surface area contributed by atoms with E-state index in [1.165, 1.54) is 0 Å². The van der Waals surface area contributed by atoms with Crippen LogP contribution in [0, 0.1) is 0 Å². The maximum Gasteiger partial charge on any atom is 0.317 e. The lowest BCUT2D eigenvalue weighted by molar-refractivity contribution is 0.187. The fourth-order valence-electron chi connectivity index (χ4n) is 11.1. The van der Waals surface area contributed by atoms with Crippen molar-refractivity contribution in [2.45, 2.75) is 128 Å². The summed E-state index contributed by atoms with van der Waals surface area (Å²) in [4.78, 5) is 135. The Hall–Kier alpha value is -7.05. The van der Waals surface area contributed by atoms with Gasteiger partial charge in [0.25, 0.3) is 0 Å². The summed E-state index contributed by atoms with van der Waals surface area (Å²) in [5.74, 6) is 0. The minimum absolute atomic E-state index is 0.179. The largest absolute Gasteiger partial charge is 0.338 e. The van der Waals surface area contributed by atoms with Crippen LogP contribution in [0.5, 0.6) is 0 Å². The number of nitrogens with one attached hydrogen (secondary N) is 10. The number of urea groups is 9. The number of nitrogens with two attached hydrogens (primary N) is 11. The van der Waals surface area contributed by atoms with Gasteiger partial charge in [0.05, 0.1) is 0 Å². The summed E-state index contributed by atoms with van der Waals surface area (Å²) in [5.41, 5.74) is 63.3. The second kappa shape index (κ2) is 71.6. The first-order chi connectivity index (χ1) is 52.5. The maximum atomic E-state index is 14.0. The number of hydrogen-bond acceptors (Lipinski definition) is 21. The minimum Gasteiger partial charge on any atom is -0.338 e. The normalized spacial score (nSPS) is 10.9. The van der Waals surface area contributed by atoms with Crippen LogP contribution in [-0.2, 0) is 0 Å². The topological polar surface area (TPSA) is 589 Å². The first kappa shape index (κ1) is 101. The third kappa shape index (κ3) is 52.9. The number of hydrogen-bond donors (Lipinski definition) is 21. The van der Waals surface area contributed by atoms with Gasteiger partial charge in [-0.25, -0.2) is 43.2 Å². The number of carbonyl (C=O) groups excluding carboxylic acids is 9. The molecule has 0 aromatic heterocycles. The van der Waals surface area contributed by atoms with Gasteiger partial charge in [0, 0.05) is 177 Å². The van der Waals surface area contributed by atoms with E-state index in [1.54, 1.807) is 44.1 Å². The van der Waals surface area contributed by atoms with Crippen molar-refractivity contribution in [3.05, 3.63) is 0 Å². The molecule has 0 aliphatic carbocycles. The Morgan fingerprint density at radius 3 is 0.361 bits per heavy atom. The van der Waals surface area contributed by atoms with Gasteiger partial charge in [-0.05, 0) is 213 Å². The number of rotatable bonds is 69. The second-order valence-electron chi connectivity index (χ2n) is 26.5. The zero-order valence-electron chi connectivity index (χ0n) is 66.0. The van der Waals surface area contributed by atoms with Gasteiger partial charge in [-0.3, -0.25) is 0 Å². The summed E-state index contributed by atoms with van der Waals surface area (Å²) >= 11 is 0. The van der Waals surface area contributed by atoms with Gasteiger partial charge >= 0.3 is 54.3 Å². The predicted octanol–water partition coefficient (Wildman–Crippen LogP) is -2.97. The Morgan fingerprint density at radius 2 is 0.250 bits per heavy atom. The zero-order valence-corrected chi connectivity index (χ0v) is 66.0. The highest BCUT2D eigenvalue weighted by molar-refractivity contribution is 5.78. The van der Waals surface area contributed by atoms with Crippen LogP contribution in [0.2, 0.25) is 0 Å². The summed E-state index contributed by atoms with van der Waals surface area (Å²) in [6, 6.07) is -2.20. The van der Waals surface area contributed by atoms with Crippen molar-refractivity contribution in [3.8, 4) is 0 Å². The van der Waals surface area contributed by atoms with Gasteiger partial charge in [-0.2, -0.15) is 0 Å². The van der Waals surface area contributed by atoms with Gasteiger partial charge in [0.2, 0.25) is 0 Å². The van der Waals surface area contributed by atoms with Crippen LogP contribution in [0.4, 0.5) is 43.2 Å². The van der Waals surface area contributed by atoms with Crippen LogP contribution in [0.15, 0.2) is 0 Å². The van der Waals surface area contributed by atoms with E-state index in [0.29, 0.717) is 357 Å². The van der Waals surface area contributed by atoms with E-state index in [-0.39, 0.29) is 87.0 Å². The molecule has 39 heteroatoms. The SMILES string of the molecule is NCCCN(CCCN)C(=O)NCCCN(CCCN)C(=O)NCCCN(CCCN)C(=O)NCCCNCCCNC(=O)N(CCCN)CCCNC(=O)N(CCCNC(=O)N(CCCN)CCCNC(=O)N(CCCN)CCCN)CCCNC(=O)N(CCCN)CCCNC(=O)N(CCCN)CCCN.